The minimum atomic E-state index is -0.397. The van der Waals surface area contributed by atoms with Gasteiger partial charge in [-0.1, -0.05) is 24.3 Å². The number of aryl methyl sites for hydroxylation is 1. The fourth-order valence-corrected chi connectivity index (χ4v) is 1.32. The molecule has 66 valence electrons. The third-order valence-electron chi connectivity index (χ3n) is 2.18. The van der Waals surface area contributed by atoms with Crippen LogP contribution in [0.4, 0.5) is 0 Å². The molecule has 2 nitrogen and oxygen atoms in total. The van der Waals surface area contributed by atoms with Gasteiger partial charge in [-0.25, -0.2) is 0 Å². The first-order chi connectivity index (χ1) is 5.58. The monoisotopic (exact) mass is 164 g/mol. The molecule has 1 atom stereocenters. The Morgan fingerprint density at radius 1 is 1.33 bits per heavy atom. The summed E-state index contributed by atoms with van der Waals surface area (Å²) in [4.78, 5) is 0. The van der Waals surface area contributed by atoms with Crippen LogP contribution in [0.15, 0.2) is 24.3 Å². The van der Waals surface area contributed by atoms with Crippen LogP contribution in [0.5, 0.6) is 0 Å². The lowest BCUT2D eigenvalue weighted by Gasteiger charge is -2.24. The molecule has 1 aromatic carbocycles. The molecular formula is C10H16N2. The van der Waals surface area contributed by atoms with Gasteiger partial charge >= 0.3 is 0 Å². The van der Waals surface area contributed by atoms with Crippen molar-refractivity contribution in [2.75, 3.05) is 6.54 Å². The molecule has 2 heteroatoms. The first-order valence-electron chi connectivity index (χ1n) is 4.13. The van der Waals surface area contributed by atoms with Crippen LogP contribution >= 0.6 is 0 Å². The quantitative estimate of drug-likeness (QED) is 0.688. The predicted octanol–water partition coefficient (Wildman–Crippen LogP) is 1.13. The Bertz CT molecular complexity index is 266. The second-order valence-corrected chi connectivity index (χ2v) is 3.44. The summed E-state index contributed by atoms with van der Waals surface area (Å²) in [6.07, 6.45) is 0. The smallest absolute Gasteiger partial charge is 0.0507 e. The summed E-state index contributed by atoms with van der Waals surface area (Å²) in [6, 6.07) is 8.08. The lowest BCUT2D eigenvalue weighted by molar-refractivity contribution is 0.505. The van der Waals surface area contributed by atoms with Gasteiger partial charge in [0.15, 0.2) is 0 Å². The Morgan fingerprint density at radius 2 is 1.92 bits per heavy atom. The molecular weight excluding hydrogens is 148 g/mol. The van der Waals surface area contributed by atoms with Crippen LogP contribution in [0.1, 0.15) is 18.1 Å². The van der Waals surface area contributed by atoms with Crippen molar-refractivity contribution in [3.8, 4) is 0 Å². The van der Waals surface area contributed by atoms with Crippen molar-refractivity contribution >= 4 is 0 Å². The minimum absolute atomic E-state index is 0.397. The highest BCUT2D eigenvalue weighted by Gasteiger charge is 2.19. The first kappa shape index (κ1) is 9.23. The number of hydrogen-bond donors (Lipinski definition) is 2. The molecule has 0 aliphatic heterocycles. The van der Waals surface area contributed by atoms with Crippen LogP contribution in [0.3, 0.4) is 0 Å². The highest BCUT2D eigenvalue weighted by Crippen LogP contribution is 2.19. The van der Waals surface area contributed by atoms with E-state index in [0.29, 0.717) is 6.54 Å². The van der Waals surface area contributed by atoms with Crippen molar-refractivity contribution in [3.63, 3.8) is 0 Å². The van der Waals surface area contributed by atoms with E-state index >= 15 is 0 Å². The number of hydrogen-bond acceptors (Lipinski definition) is 2. The molecule has 0 amide bonds. The van der Waals surface area contributed by atoms with Crippen molar-refractivity contribution in [1.82, 2.24) is 0 Å². The maximum atomic E-state index is 6.01. The van der Waals surface area contributed by atoms with Gasteiger partial charge in [-0.05, 0) is 25.0 Å². The summed E-state index contributed by atoms with van der Waals surface area (Å²) >= 11 is 0. The third-order valence-corrected chi connectivity index (χ3v) is 2.18. The normalized spacial score (nSPS) is 15.7. The molecule has 0 saturated carbocycles. The molecule has 0 heterocycles. The largest absolute Gasteiger partial charge is 0.328 e. The van der Waals surface area contributed by atoms with Crippen molar-refractivity contribution in [2.45, 2.75) is 19.4 Å². The summed E-state index contributed by atoms with van der Waals surface area (Å²) < 4.78 is 0. The molecule has 0 fully saturated rings. The Morgan fingerprint density at radius 3 is 2.42 bits per heavy atom. The second-order valence-electron chi connectivity index (χ2n) is 3.44. The highest BCUT2D eigenvalue weighted by molar-refractivity contribution is 5.31. The van der Waals surface area contributed by atoms with Crippen LogP contribution in [0.25, 0.3) is 0 Å². The number of rotatable bonds is 2. The van der Waals surface area contributed by atoms with E-state index in [2.05, 4.69) is 13.0 Å². The van der Waals surface area contributed by atoms with Gasteiger partial charge in [0.1, 0.15) is 0 Å². The molecule has 0 aliphatic rings. The number of nitrogens with two attached hydrogens (primary N) is 2. The van der Waals surface area contributed by atoms with Gasteiger partial charge in [0, 0.05) is 6.54 Å². The summed E-state index contributed by atoms with van der Waals surface area (Å²) in [5, 5.41) is 0. The standard InChI is InChI=1S/C10H16N2/c1-8-5-3-4-6-9(8)10(2,12)7-11/h3-6H,7,11-12H2,1-2H3. The van der Waals surface area contributed by atoms with Crippen molar-refractivity contribution < 1.29 is 0 Å². The number of benzene rings is 1. The molecule has 0 aliphatic carbocycles. The van der Waals surface area contributed by atoms with E-state index in [4.69, 9.17) is 11.5 Å². The third kappa shape index (κ3) is 1.65. The van der Waals surface area contributed by atoms with Crippen molar-refractivity contribution in [3.05, 3.63) is 35.4 Å². The van der Waals surface area contributed by atoms with Gasteiger partial charge in [-0.15, -0.1) is 0 Å². The summed E-state index contributed by atoms with van der Waals surface area (Å²) in [6.45, 7) is 4.48. The van der Waals surface area contributed by atoms with E-state index < -0.39 is 5.54 Å². The molecule has 0 bridgehead atoms. The molecule has 12 heavy (non-hydrogen) atoms. The van der Waals surface area contributed by atoms with Crippen LogP contribution < -0.4 is 11.5 Å². The van der Waals surface area contributed by atoms with E-state index in [9.17, 15) is 0 Å². The van der Waals surface area contributed by atoms with Gasteiger partial charge in [0.25, 0.3) is 0 Å². The molecule has 0 aromatic heterocycles. The zero-order valence-electron chi connectivity index (χ0n) is 7.67. The Labute approximate surface area is 73.6 Å². The summed E-state index contributed by atoms with van der Waals surface area (Å²) in [5.74, 6) is 0. The van der Waals surface area contributed by atoms with Gasteiger partial charge in [-0.3, -0.25) is 0 Å². The predicted molar refractivity (Wildman–Crippen MR) is 51.8 cm³/mol. The Hall–Kier alpha value is -0.860. The van der Waals surface area contributed by atoms with E-state index in [1.165, 1.54) is 5.56 Å². The Balaban J connectivity index is 3.10. The second kappa shape index (κ2) is 3.25. The van der Waals surface area contributed by atoms with E-state index in [0.717, 1.165) is 5.56 Å². The van der Waals surface area contributed by atoms with Gasteiger partial charge in [0.05, 0.1) is 5.54 Å². The molecule has 1 rings (SSSR count). The van der Waals surface area contributed by atoms with Gasteiger partial charge in [-0.2, -0.15) is 0 Å². The lowest BCUT2D eigenvalue weighted by Crippen LogP contribution is -2.41. The van der Waals surface area contributed by atoms with Crippen LogP contribution in [0.2, 0.25) is 0 Å². The van der Waals surface area contributed by atoms with Crippen molar-refractivity contribution in [2.24, 2.45) is 11.5 Å². The Kier molecular flexibility index (Phi) is 2.50. The average molecular weight is 164 g/mol. The molecule has 4 N–H and O–H groups in total. The topological polar surface area (TPSA) is 52.0 Å². The molecule has 1 unspecified atom stereocenters. The molecule has 0 saturated heterocycles. The van der Waals surface area contributed by atoms with Crippen LogP contribution in [-0.4, -0.2) is 6.54 Å². The van der Waals surface area contributed by atoms with Gasteiger partial charge < -0.3 is 11.5 Å². The first-order valence-corrected chi connectivity index (χ1v) is 4.13. The molecule has 0 spiro atoms. The lowest BCUT2D eigenvalue weighted by atomic mass is 9.90. The van der Waals surface area contributed by atoms with Crippen LogP contribution in [-0.2, 0) is 5.54 Å². The van der Waals surface area contributed by atoms with E-state index in [1.807, 2.05) is 25.1 Å². The summed E-state index contributed by atoms with van der Waals surface area (Å²) in [7, 11) is 0. The van der Waals surface area contributed by atoms with E-state index in [-0.39, 0.29) is 0 Å². The zero-order valence-corrected chi connectivity index (χ0v) is 7.67. The zero-order chi connectivity index (χ0) is 9.19. The highest BCUT2D eigenvalue weighted by atomic mass is 14.8. The summed E-state index contributed by atoms with van der Waals surface area (Å²) in [5.41, 5.74) is 13.5. The maximum Gasteiger partial charge on any atom is 0.0507 e. The molecule has 1 aromatic rings. The fraction of sp³-hybridized carbons (Fsp3) is 0.400. The maximum absolute atomic E-state index is 6.01. The SMILES string of the molecule is Cc1ccccc1C(C)(N)CN. The van der Waals surface area contributed by atoms with Gasteiger partial charge in [0.2, 0.25) is 0 Å². The minimum Gasteiger partial charge on any atom is -0.328 e. The van der Waals surface area contributed by atoms with Crippen molar-refractivity contribution in [1.29, 1.82) is 0 Å². The average Bonchev–Trinajstić information content (AvgIpc) is 2.05. The molecule has 0 radical (unpaired) electrons. The van der Waals surface area contributed by atoms with Crippen LogP contribution in [0, 0.1) is 6.92 Å². The van der Waals surface area contributed by atoms with E-state index in [1.54, 1.807) is 0 Å². The fourth-order valence-electron chi connectivity index (χ4n) is 1.32.